The molecule has 0 aliphatic carbocycles. The maximum Gasteiger partial charge on any atom is 0.221 e. The summed E-state index contributed by atoms with van der Waals surface area (Å²) >= 11 is 11.9. The number of sulfonamides is 1. The van der Waals surface area contributed by atoms with Crippen LogP contribution in [0.3, 0.4) is 0 Å². The van der Waals surface area contributed by atoms with Gasteiger partial charge in [0.05, 0.1) is 5.75 Å². The molecule has 0 heterocycles. The molecule has 1 N–H and O–H groups in total. The van der Waals surface area contributed by atoms with Gasteiger partial charge in [0.15, 0.2) is 0 Å². The average molecular weight is 339 g/mol. The predicted molar refractivity (Wildman–Crippen MR) is 80.4 cm³/mol. The Balaban J connectivity index is 2.82. The Morgan fingerprint density at radius 1 is 1.30 bits per heavy atom. The number of rotatable bonds is 6. The molecule has 0 unspecified atom stereocenters. The van der Waals surface area contributed by atoms with E-state index < -0.39 is 10.0 Å². The number of nitrogens with zero attached hydrogens (tertiary/aromatic N) is 1. The summed E-state index contributed by atoms with van der Waals surface area (Å²) in [6.07, 6.45) is 0.0997. The summed E-state index contributed by atoms with van der Waals surface area (Å²) in [6, 6.07) is 4.82. The van der Waals surface area contributed by atoms with Gasteiger partial charge in [-0.25, -0.2) is 12.7 Å². The number of carbonyl (C=O) groups excluding carboxylic acids is 1. The lowest BCUT2D eigenvalue weighted by Crippen LogP contribution is -2.32. The van der Waals surface area contributed by atoms with Crippen LogP contribution in [0.4, 0.5) is 0 Å². The number of carbonyl (C=O) groups is 1. The van der Waals surface area contributed by atoms with Gasteiger partial charge >= 0.3 is 0 Å². The van der Waals surface area contributed by atoms with E-state index in [0.29, 0.717) is 15.6 Å². The van der Waals surface area contributed by atoms with E-state index in [9.17, 15) is 13.2 Å². The van der Waals surface area contributed by atoms with Crippen LogP contribution in [0.2, 0.25) is 10.0 Å². The molecule has 1 aromatic rings. The van der Waals surface area contributed by atoms with Crippen LogP contribution in [0, 0.1) is 0 Å². The fraction of sp³-hybridized carbons (Fsp3) is 0.417. The summed E-state index contributed by atoms with van der Waals surface area (Å²) in [6.45, 7) is 0.101. The third-order valence-electron chi connectivity index (χ3n) is 2.80. The summed E-state index contributed by atoms with van der Waals surface area (Å²) in [5.74, 6) is -0.515. The summed E-state index contributed by atoms with van der Waals surface area (Å²) < 4.78 is 25.5. The van der Waals surface area contributed by atoms with Gasteiger partial charge in [-0.05, 0) is 12.1 Å². The van der Waals surface area contributed by atoms with Gasteiger partial charge in [0.25, 0.3) is 0 Å². The summed E-state index contributed by atoms with van der Waals surface area (Å²) in [5.41, 5.74) is 0.364. The number of amides is 1. The molecule has 0 aromatic heterocycles. The van der Waals surface area contributed by atoms with E-state index in [-0.39, 0.29) is 24.6 Å². The lowest BCUT2D eigenvalue weighted by Gasteiger charge is -2.17. The molecule has 0 saturated heterocycles. The fourth-order valence-electron chi connectivity index (χ4n) is 1.49. The Morgan fingerprint density at radius 2 is 1.85 bits per heavy atom. The quantitative estimate of drug-likeness (QED) is 0.861. The van der Waals surface area contributed by atoms with Gasteiger partial charge in [0.1, 0.15) is 0 Å². The zero-order valence-corrected chi connectivity index (χ0v) is 13.5. The van der Waals surface area contributed by atoms with Crippen LogP contribution < -0.4 is 5.32 Å². The first kappa shape index (κ1) is 17.2. The zero-order valence-electron chi connectivity index (χ0n) is 11.2. The number of nitrogens with one attached hydrogen (secondary N) is 1. The van der Waals surface area contributed by atoms with Crippen molar-refractivity contribution in [1.29, 1.82) is 0 Å². The molecular weight excluding hydrogens is 323 g/mol. The van der Waals surface area contributed by atoms with E-state index in [1.54, 1.807) is 18.2 Å². The molecule has 0 saturated carbocycles. The van der Waals surface area contributed by atoms with Gasteiger partial charge in [-0.1, -0.05) is 29.3 Å². The monoisotopic (exact) mass is 338 g/mol. The highest BCUT2D eigenvalue weighted by Gasteiger charge is 2.21. The molecule has 5 nitrogen and oxygen atoms in total. The van der Waals surface area contributed by atoms with Crippen LogP contribution in [0.1, 0.15) is 12.0 Å². The first-order chi connectivity index (χ1) is 9.27. The minimum atomic E-state index is -3.58. The van der Waals surface area contributed by atoms with Crippen molar-refractivity contribution in [1.82, 2.24) is 9.62 Å². The maximum atomic E-state index is 12.2. The molecule has 0 radical (unpaired) electrons. The summed E-state index contributed by atoms with van der Waals surface area (Å²) in [4.78, 5) is 11.1. The van der Waals surface area contributed by atoms with Crippen LogP contribution in [0.25, 0.3) is 0 Å². The Labute approximate surface area is 128 Å². The SMILES string of the molecule is CNC(=O)CCN(C)S(=O)(=O)Cc1c(Cl)cccc1Cl. The highest BCUT2D eigenvalue weighted by molar-refractivity contribution is 7.88. The molecule has 0 aliphatic rings. The molecule has 1 rings (SSSR count). The van der Waals surface area contributed by atoms with Crippen LogP contribution in [0.5, 0.6) is 0 Å². The zero-order chi connectivity index (χ0) is 15.3. The highest BCUT2D eigenvalue weighted by atomic mass is 35.5. The number of hydrogen-bond donors (Lipinski definition) is 1. The van der Waals surface area contributed by atoms with Crippen molar-refractivity contribution < 1.29 is 13.2 Å². The van der Waals surface area contributed by atoms with Gasteiger partial charge in [-0.2, -0.15) is 0 Å². The number of halogens is 2. The van der Waals surface area contributed by atoms with E-state index in [1.165, 1.54) is 14.1 Å². The topological polar surface area (TPSA) is 66.5 Å². The van der Waals surface area contributed by atoms with Gasteiger partial charge in [-0.15, -0.1) is 0 Å². The molecular formula is C12H16Cl2N2O3S. The summed E-state index contributed by atoms with van der Waals surface area (Å²) in [5, 5.41) is 3.05. The van der Waals surface area contributed by atoms with Gasteiger partial charge in [-0.3, -0.25) is 4.79 Å². The summed E-state index contributed by atoms with van der Waals surface area (Å²) in [7, 11) is -0.658. The second-order valence-electron chi connectivity index (χ2n) is 4.20. The molecule has 1 aromatic carbocycles. The Bertz CT molecular complexity index is 570. The third-order valence-corrected chi connectivity index (χ3v) is 5.29. The van der Waals surface area contributed by atoms with Crippen molar-refractivity contribution in [3.8, 4) is 0 Å². The van der Waals surface area contributed by atoms with Gasteiger partial charge < -0.3 is 5.32 Å². The Kier molecular flexibility index (Phi) is 6.26. The van der Waals surface area contributed by atoms with E-state index in [4.69, 9.17) is 23.2 Å². The van der Waals surface area contributed by atoms with E-state index in [0.717, 1.165) is 4.31 Å². The van der Waals surface area contributed by atoms with Crippen molar-refractivity contribution in [2.45, 2.75) is 12.2 Å². The number of benzene rings is 1. The maximum absolute atomic E-state index is 12.2. The fourth-order valence-corrected chi connectivity index (χ4v) is 3.44. The van der Waals surface area contributed by atoms with E-state index in [1.807, 2.05) is 0 Å². The van der Waals surface area contributed by atoms with Crippen molar-refractivity contribution in [2.75, 3.05) is 20.6 Å². The second-order valence-corrected chi connectivity index (χ2v) is 7.09. The van der Waals surface area contributed by atoms with Crippen LogP contribution in [-0.2, 0) is 20.6 Å². The van der Waals surface area contributed by atoms with E-state index in [2.05, 4.69) is 5.32 Å². The van der Waals surface area contributed by atoms with Crippen molar-refractivity contribution in [3.63, 3.8) is 0 Å². The molecule has 1 amide bonds. The third kappa shape index (κ3) is 4.63. The van der Waals surface area contributed by atoms with Crippen LogP contribution in [-0.4, -0.2) is 39.3 Å². The number of hydrogen-bond acceptors (Lipinski definition) is 3. The molecule has 0 spiro atoms. The van der Waals surface area contributed by atoms with Crippen molar-refractivity contribution in [3.05, 3.63) is 33.8 Å². The van der Waals surface area contributed by atoms with E-state index >= 15 is 0 Å². The molecule has 0 bridgehead atoms. The van der Waals surface area contributed by atoms with Gasteiger partial charge in [0.2, 0.25) is 15.9 Å². The molecule has 0 aliphatic heterocycles. The average Bonchev–Trinajstić information content (AvgIpc) is 2.39. The Morgan fingerprint density at radius 3 is 2.35 bits per heavy atom. The van der Waals surface area contributed by atoms with Crippen LogP contribution >= 0.6 is 23.2 Å². The standard InChI is InChI=1S/C12H16Cl2N2O3S/c1-15-12(17)6-7-16(2)20(18,19)8-9-10(13)4-3-5-11(9)14/h3-5H,6-8H2,1-2H3,(H,15,17). The first-order valence-corrected chi connectivity index (χ1v) is 8.22. The normalized spacial score (nSPS) is 11.7. The van der Waals surface area contributed by atoms with Crippen molar-refractivity contribution in [2.24, 2.45) is 0 Å². The predicted octanol–water partition coefficient (Wildman–Crippen LogP) is 1.89. The van der Waals surface area contributed by atoms with Crippen molar-refractivity contribution >= 4 is 39.1 Å². The molecule has 8 heteroatoms. The smallest absolute Gasteiger partial charge is 0.221 e. The first-order valence-electron chi connectivity index (χ1n) is 5.85. The molecule has 0 atom stereocenters. The molecule has 20 heavy (non-hydrogen) atoms. The lowest BCUT2D eigenvalue weighted by molar-refractivity contribution is -0.120. The lowest BCUT2D eigenvalue weighted by atomic mass is 10.2. The van der Waals surface area contributed by atoms with Gasteiger partial charge in [0, 0.05) is 42.7 Å². The van der Waals surface area contributed by atoms with Crippen LogP contribution in [0.15, 0.2) is 18.2 Å². The highest BCUT2D eigenvalue weighted by Crippen LogP contribution is 2.26. The second kappa shape index (κ2) is 7.26. The molecule has 112 valence electrons. The minimum absolute atomic E-state index is 0.0997. The Hall–Kier alpha value is -0.820. The minimum Gasteiger partial charge on any atom is -0.359 e. The largest absolute Gasteiger partial charge is 0.359 e. The molecule has 0 fully saturated rings.